The molecule has 98 valence electrons. The number of aliphatic hydroxyl groups excluding tert-OH is 2. The Morgan fingerprint density at radius 3 is 1.19 bits per heavy atom. The van der Waals surface area contributed by atoms with Gasteiger partial charge in [0.05, 0.1) is 13.5 Å². The van der Waals surface area contributed by atoms with Crippen LogP contribution in [-0.4, -0.2) is 58.9 Å². The molecule has 0 aromatic heterocycles. The van der Waals surface area contributed by atoms with Crippen LogP contribution < -0.4 is 10.6 Å². The molecule has 16 heavy (non-hydrogen) atoms. The Morgan fingerprint density at radius 2 is 1.06 bits per heavy atom. The maximum absolute atomic E-state index is 9.00. The number of carboxylic acid groups (broad SMARTS) is 2. The topological polar surface area (TPSA) is 139 Å². The first kappa shape index (κ1) is 20.2. The van der Waals surface area contributed by atoms with Gasteiger partial charge in [-0.15, -0.1) is 0 Å². The second-order valence-electron chi connectivity index (χ2n) is 2.35. The van der Waals surface area contributed by atoms with Gasteiger partial charge >= 0.3 is 0 Å². The number of aliphatic hydroxyl groups is 2. The van der Waals surface area contributed by atoms with Crippen molar-refractivity contribution in [3.63, 3.8) is 0 Å². The lowest BCUT2D eigenvalue weighted by molar-refractivity contribution is -0.135. The van der Waals surface area contributed by atoms with Crippen molar-refractivity contribution >= 4 is 11.9 Å². The quantitative estimate of drug-likeness (QED) is 0.245. The van der Waals surface area contributed by atoms with Crippen LogP contribution in [0.25, 0.3) is 0 Å². The molecule has 0 amide bonds. The molecule has 0 aromatic rings. The fourth-order valence-electron chi connectivity index (χ4n) is 0.335. The van der Waals surface area contributed by atoms with Crippen molar-refractivity contribution in [3.8, 4) is 0 Å². The molecular weight excluding hydrogens is 220 g/mol. The van der Waals surface area contributed by atoms with E-state index in [2.05, 4.69) is 10.6 Å². The largest absolute Gasteiger partial charge is 0.481 e. The minimum Gasteiger partial charge on any atom is -0.481 e. The molecule has 0 unspecified atom stereocenters. The summed E-state index contributed by atoms with van der Waals surface area (Å²) in [5.74, 6) is -1.67. The molecule has 0 radical (unpaired) electrons. The van der Waals surface area contributed by atoms with Crippen molar-refractivity contribution < 1.29 is 30.0 Å². The summed E-state index contributed by atoms with van der Waals surface area (Å²) < 4.78 is 0. The summed E-state index contributed by atoms with van der Waals surface area (Å²) in [5, 5.41) is 36.5. The van der Waals surface area contributed by atoms with Crippen LogP contribution in [0.3, 0.4) is 0 Å². The van der Waals surface area contributed by atoms with Crippen LogP contribution in [0.2, 0.25) is 0 Å². The van der Waals surface area contributed by atoms with E-state index in [0.29, 0.717) is 13.1 Å². The Labute approximate surface area is 93.9 Å². The molecular formula is C8H20N2O6. The van der Waals surface area contributed by atoms with Crippen LogP contribution >= 0.6 is 0 Å². The molecule has 0 heterocycles. The normalized spacial score (nSPS) is 8.00. The highest BCUT2D eigenvalue weighted by atomic mass is 16.4. The highest BCUT2D eigenvalue weighted by molar-refractivity contribution is 5.63. The molecule has 8 heteroatoms. The summed E-state index contributed by atoms with van der Waals surface area (Å²) >= 11 is 0. The molecule has 0 aliphatic carbocycles. The van der Waals surface area contributed by atoms with E-state index < -0.39 is 11.9 Å². The molecule has 0 aromatic carbocycles. The van der Waals surface area contributed by atoms with E-state index in [9.17, 15) is 0 Å². The van der Waals surface area contributed by atoms with Crippen molar-refractivity contribution in [1.29, 1.82) is 0 Å². The van der Waals surface area contributed by atoms with Crippen molar-refractivity contribution in [3.05, 3.63) is 0 Å². The van der Waals surface area contributed by atoms with Gasteiger partial charge in [0.15, 0.2) is 0 Å². The number of hydrogen-bond donors (Lipinski definition) is 6. The Kier molecular flexibility index (Phi) is 24.5. The predicted octanol–water partition coefficient (Wildman–Crippen LogP) is -1.75. The number of aliphatic carboxylic acids is 2. The molecule has 0 saturated carbocycles. The zero-order valence-corrected chi connectivity index (χ0v) is 9.43. The van der Waals surface area contributed by atoms with Gasteiger partial charge in [-0.1, -0.05) is 0 Å². The number of carbonyl (C=O) groups is 2. The molecule has 0 saturated heterocycles. The van der Waals surface area contributed by atoms with E-state index in [4.69, 9.17) is 30.0 Å². The maximum Gasteiger partial charge on any atom is 0.300 e. The first-order chi connectivity index (χ1) is 7.38. The summed E-state index contributed by atoms with van der Waals surface area (Å²) in [6.45, 7) is 3.51. The Hall–Kier alpha value is -1.22. The van der Waals surface area contributed by atoms with E-state index in [1.54, 1.807) is 0 Å². The summed E-state index contributed by atoms with van der Waals surface area (Å²) in [6.07, 6.45) is 0. The third kappa shape index (κ3) is 124. The van der Waals surface area contributed by atoms with Gasteiger partial charge in [-0.3, -0.25) is 20.2 Å². The zero-order valence-electron chi connectivity index (χ0n) is 9.43. The van der Waals surface area contributed by atoms with Crippen molar-refractivity contribution in [1.82, 2.24) is 10.6 Å². The van der Waals surface area contributed by atoms with Gasteiger partial charge in [0.1, 0.15) is 0 Å². The van der Waals surface area contributed by atoms with Crippen molar-refractivity contribution in [2.24, 2.45) is 0 Å². The predicted molar refractivity (Wildman–Crippen MR) is 56.8 cm³/mol. The van der Waals surface area contributed by atoms with Crippen LogP contribution in [0.4, 0.5) is 0 Å². The van der Waals surface area contributed by atoms with E-state index in [-0.39, 0.29) is 13.5 Å². The van der Waals surface area contributed by atoms with Crippen LogP contribution in [-0.2, 0) is 9.59 Å². The van der Waals surface area contributed by atoms with E-state index in [1.807, 2.05) is 0 Å². The third-order valence-corrected chi connectivity index (χ3v) is 0.702. The van der Waals surface area contributed by atoms with Gasteiger partial charge in [0.2, 0.25) is 0 Å². The molecule has 0 bridgehead atoms. The second kappa shape index (κ2) is 19.4. The molecule has 0 aliphatic rings. The lowest BCUT2D eigenvalue weighted by atomic mass is 10.6. The van der Waals surface area contributed by atoms with E-state index in [0.717, 1.165) is 13.8 Å². The molecule has 0 atom stereocenters. The molecule has 0 spiro atoms. The standard InChI is InChI=1S/C4H12N2O2.2C2H4O2/c7-3-5-1-2-6-4-8;2*1-2(3)4/h5-8H,1-4H2;2*1H3,(H,3,4). The smallest absolute Gasteiger partial charge is 0.300 e. The second-order valence-corrected chi connectivity index (χ2v) is 2.35. The number of nitrogens with one attached hydrogen (secondary N) is 2. The van der Waals surface area contributed by atoms with Gasteiger partial charge in [-0.25, -0.2) is 0 Å². The van der Waals surface area contributed by atoms with Crippen molar-refractivity contribution in [2.75, 3.05) is 26.6 Å². The van der Waals surface area contributed by atoms with E-state index >= 15 is 0 Å². The van der Waals surface area contributed by atoms with Gasteiger partial charge in [-0.05, 0) is 0 Å². The SMILES string of the molecule is CC(=O)O.CC(=O)O.OCNCCNCO. The van der Waals surface area contributed by atoms with Crippen LogP contribution in [0.5, 0.6) is 0 Å². The lowest BCUT2D eigenvalue weighted by Crippen LogP contribution is -2.28. The molecule has 0 rings (SSSR count). The number of hydrogen-bond acceptors (Lipinski definition) is 6. The summed E-state index contributed by atoms with van der Waals surface area (Å²) in [4.78, 5) is 18.0. The average Bonchev–Trinajstić information content (AvgIpc) is 2.11. The van der Waals surface area contributed by atoms with E-state index in [1.165, 1.54) is 0 Å². The van der Waals surface area contributed by atoms with Crippen LogP contribution in [0, 0.1) is 0 Å². The fourth-order valence-corrected chi connectivity index (χ4v) is 0.335. The molecule has 0 fully saturated rings. The average molecular weight is 240 g/mol. The zero-order chi connectivity index (χ0) is 13.4. The minimum absolute atomic E-state index is 0.00684. The van der Waals surface area contributed by atoms with Gasteiger partial charge in [0.25, 0.3) is 11.9 Å². The van der Waals surface area contributed by atoms with Gasteiger partial charge in [-0.2, -0.15) is 0 Å². The Morgan fingerprint density at radius 1 is 0.875 bits per heavy atom. The first-order valence-electron chi connectivity index (χ1n) is 4.40. The lowest BCUT2D eigenvalue weighted by Gasteiger charge is -1.98. The Bertz CT molecular complexity index is 139. The molecule has 6 N–H and O–H groups in total. The molecule has 8 nitrogen and oxygen atoms in total. The number of carboxylic acids is 2. The highest BCUT2D eigenvalue weighted by Gasteiger charge is 1.80. The fraction of sp³-hybridized carbons (Fsp3) is 0.750. The first-order valence-corrected chi connectivity index (χ1v) is 4.40. The maximum atomic E-state index is 9.00. The van der Waals surface area contributed by atoms with Crippen LogP contribution in [0.15, 0.2) is 0 Å². The van der Waals surface area contributed by atoms with Gasteiger partial charge < -0.3 is 20.4 Å². The summed E-state index contributed by atoms with van der Waals surface area (Å²) in [7, 11) is 0. The summed E-state index contributed by atoms with van der Waals surface area (Å²) in [5.41, 5.74) is 0. The highest BCUT2D eigenvalue weighted by Crippen LogP contribution is 1.53. The third-order valence-electron chi connectivity index (χ3n) is 0.702. The number of rotatable bonds is 5. The molecule has 0 aliphatic heterocycles. The van der Waals surface area contributed by atoms with Gasteiger partial charge in [0, 0.05) is 26.9 Å². The van der Waals surface area contributed by atoms with Crippen molar-refractivity contribution in [2.45, 2.75) is 13.8 Å². The summed E-state index contributed by atoms with van der Waals surface area (Å²) in [6, 6.07) is 0. The minimum atomic E-state index is -0.833. The van der Waals surface area contributed by atoms with Crippen LogP contribution in [0.1, 0.15) is 13.8 Å². The Balaban J connectivity index is -0.000000179. The monoisotopic (exact) mass is 240 g/mol.